The lowest BCUT2D eigenvalue weighted by molar-refractivity contribution is -0.137. The third-order valence-electron chi connectivity index (χ3n) is 3.36. The largest absolute Gasteiger partial charge is 0.489 e. The minimum absolute atomic E-state index is 0.0929. The van der Waals surface area contributed by atoms with E-state index in [1.807, 2.05) is 30.3 Å². The highest BCUT2D eigenvalue weighted by atomic mass is 19.4. The van der Waals surface area contributed by atoms with E-state index in [0.29, 0.717) is 13.1 Å². The van der Waals surface area contributed by atoms with Crippen LogP contribution < -0.4 is 10.1 Å². The highest BCUT2D eigenvalue weighted by molar-refractivity contribution is 5.44. The lowest BCUT2D eigenvalue weighted by Gasteiger charge is -2.17. The van der Waals surface area contributed by atoms with Gasteiger partial charge in [0.2, 0.25) is 0 Å². The number of nitrogens with zero attached hydrogens (tertiary/aromatic N) is 1. The SMILES string of the molecule is CC(CNCc1ccccc1)Oc1ccc(C#N)c(C(F)(F)F)c1. The Morgan fingerprint density at radius 3 is 2.50 bits per heavy atom. The number of hydrogen-bond donors (Lipinski definition) is 1. The van der Waals surface area contributed by atoms with Crippen molar-refractivity contribution in [3.05, 3.63) is 65.2 Å². The fourth-order valence-corrected chi connectivity index (χ4v) is 2.22. The molecule has 2 rings (SSSR count). The second-order valence-electron chi connectivity index (χ2n) is 5.36. The average Bonchev–Trinajstić information content (AvgIpc) is 2.55. The van der Waals surface area contributed by atoms with Gasteiger partial charge in [0.05, 0.1) is 17.2 Å². The van der Waals surface area contributed by atoms with Gasteiger partial charge in [-0.1, -0.05) is 30.3 Å². The van der Waals surface area contributed by atoms with Crippen LogP contribution in [0.4, 0.5) is 13.2 Å². The van der Waals surface area contributed by atoms with E-state index in [1.165, 1.54) is 6.07 Å². The summed E-state index contributed by atoms with van der Waals surface area (Å²) in [7, 11) is 0. The van der Waals surface area contributed by atoms with Crippen LogP contribution >= 0.6 is 0 Å². The molecule has 0 aromatic heterocycles. The molecule has 0 fully saturated rings. The summed E-state index contributed by atoms with van der Waals surface area (Å²) in [4.78, 5) is 0. The first kappa shape index (κ1) is 17.8. The maximum atomic E-state index is 12.9. The number of nitriles is 1. The first-order valence-electron chi connectivity index (χ1n) is 7.43. The zero-order valence-corrected chi connectivity index (χ0v) is 13.1. The smallest absolute Gasteiger partial charge is 0.417 e. The molecule has 1 atom stereocenters. The summed E-state index contributed by atoms with van der Waals surface area (Å²) in [5, 5.41) is 12.0. The second-order valence-corrected chi connectivity index (χ2v) is 5.36. The van der Waals surface area contributed by atoms with Gasteiger partial charge in [-0.2, -0.15) is 18.4 Å². The topological polar surface area (TPSA) is 45.0 Å². The number of halogens is 3. The summed E-state index contributed by atoms with van der Waals surface area (Å²) in [5.41, 5.74) is -0.279. The van der Waals surface area contributed by atoms with Crippen LogP contribution in [0.15, 0.2) is 48.5 Å². The Morgan fingerprint density at radius 1 is 1.17 bits per heavy atom. The van der Waals surface area contributed by atoms with Gasteiger partial charge in [-0.05, 0) is 30.7 Å². The van der Waals surface area contributed by atoms with E-state index in [2.05, 4.69) is 5.32 Å². The third-order valence-corrected chi connectivity index (χ3v) is 3.36. The summed E-state index contributed by atoms with van der Waals surface area (Å²) < 4.78 is 44.3. The van der Waals surface area contributed by atoms with Gasteiger partial charge >= 0.3 is 6.18 Å². The van der Waals surface area contributed by atoms with Crippen LogP contribution in [-0.2, 0) is 12.7 Å². The number of hydrogen-bond acceptors (Lipinski definition) is 3. The van der Waals surface area contributed by atoms with Gasteiger partial charge in [0.1, 0.15) is 11.9 Å². The lowest BCUT2D eigenvalue weighted by Crippen LogP contribution is -2.28. The fraction of sp³-hybridized carbons (Fsp3) is 0.278. The second kappa shape index (κ2) is 7.84. The Bertz CT molecular complexity index is 708. The van der Waals surface area contributed by atoms with Crippen molar-refractivity contribution in [2.75, 3.05) is 6.54 Å². The molecule has 0 aliphatic carbocycles. The standard InChI is InChI=1S/C18H17F3N2O/c1-13(11-23-12-14-5-3-2-4-6-14)24-16-8-7-15(10-22)17(9-16)18(19,20)21/h2-9,13,23H,11-12H2,1H3. The minimum Gasteiger partial charge on any atom is -0.489 e. The molecule has 1 N–H and O–H groups in total. The van der Waals surface area contributed by atoms with Crippen molar-refractivity contribution >= 4 is 0 Å². The zero-order valence-electron chi connectivity index (χ0n) is 13.1. The third kappa shape index (κ3) is 5.00. The minimum atomic E-state index is -4.58. The van der Waals surface area contributed by atoms with Crippen LogP contribution in [0.25, 0.3) is 0 Å². The van der Waals surface area contributed by atoms with Crippen molar-refractivity contribution in [2.24, 2.45) is 0 Å². The van der Waals surface area contributed by atoms with Crippen molar-refractivity contribution in [3.8, 4) is 11.8 Å². The predicted molar refractivity (Wildman–Crippen MR) is 84.4 cm³/mol. The number of benzene rings is 2. The zero-order chi connectivity index (χ0) is 17.6. The number of alkyl halides is 3. The van der Waals surface area contributed by atoms with E-state index in [1.54, 1.807) is 13.0 Å². The van der Waals surface area contributed by atoms with E-state index < -0.39 is 17.3 Å². The van der Waals surface area contributed by atoms with Gasteiger partial charge in [-0.15, -0.1) is 0 Å². The molecule has 0 saturated carbocycles. The molecular formula is C18H17F3N2O. The molecule has 0 aliphatic heterocycles. The maximum Gasteiger partial charge on any atom is 0.417 e. The molecule has 0 aliphatic rings. The van der Waals surface area contributed by atoms with Gasteiger partial charge in [-0.25, -0.2) is 0 Å². The molecule has 6 heteroatoms. The molecule has 2 aromatic rings. The summed E-state index contributed by atoms with van der Waals surface area (Å²) >= 11 is 0. The first-order valence-corrected chi connectivity index (χ1v) is 7.43. The highest BCUT2D eigenvalue weighted by Gasteiger charge is 2.34. The Kier molecular flexibility index (Phi) is 5.83. The van der Waals surface area contributed by atoms with Crippen molar-refractivity contribution in [3.63, 3.8) is 0 Å². The Morgan fingerprint density at radius 2 is 1.88 bits per heavy atom. The summed E-state index contributed by atoms with van der Waals surface area (Å²) in [6, 6.07) is 14.7. The molecule has 0 bridgehead atoms. The lowest BCUT2D eigenvalue weighted by atomic mass is 10.1. The van der Waals surface area contributed by atoms with Crippen LogP contribution in [0.5, 0.6) is 5.75 Å². The van der Waals surface area contributed by atoms with E-state index in [9.17, 15) is 13.2 Å². The maximum absolute atomic E-state index is 12.9. The summed E-state index contributed by atoms with van der Waals surface area (Å²) in [6.07, 6.45) is -4.90. The van der Waals surface area contributed by atoms with E-state index in [-0.39, 0.29) is 11.9 Å². The van der Waals surface area contributed by atoms with Crippen molar-refractivity contribution < 1.29 is 17.9 Å². The molecule has 24 heavy (non-hydrogen) atoms. The van der Waals surface area contributed by atoms with Crippen LogP contribution in [-0.4, -0.2) is 12.6 Å². The van der Waals surface area contributed by atoms with Gasteiger partial charge in [-0.3, -0.25) is 0 Å². The van der Waals surface area contributed by atoms with Crippen molar-refractivity contribution in [1.29, 1.82) is 5.26 Å². The number of rotatable bonds is 6. The summed E-state index contributed by atoms with van der Waals surface area (Å²) in [5.74, 6) is 0.0929. The molecule has 0 spiro atoms. The normalized spacial score (nSPS) is 12.5. The van der Waals surface area contributed by atoms with Gasteiger partial charge in [0.25, 0.3) is 0 Å². The van der Waals surface area contributed by atoms with Gasteiger partial charge < -0.3 is 10.1 Å². The quantitative estimate of drug-likeness (QED) is 0.864. The predicted octanol–water partition coefficient (Wildman–Crippen LogP) is 4.13. The number of ether oxygens (including phenoxy) is 1. The van der Waals surface area contributed by atoms with E-state index in [0.717, 1.165) is 17.7 Å². The van der Waals surface area contributed by atoms with E-state index >= 15 is 0 Å². The first-order chi connectivity index (χ1) is 11.4. The highest BCUT2D eigenvalue weighted by Crippen LogP contribution is 2.34. The Labute approximate surface area is 138 Å². The molecule has 1 unspecified atom stereocenters. The van der Waals surface area contributed by atoms with Crippen LogP contribution in [0.1, 0.15) is 23.6 Å². The Balaban J connectivity index is 1.94. The molecule has 2 aromatic carbocycles. The molecular weight excluding hydrogens is 317 g/mol. The molecule has 0 amide bonds. The number of nitrogens with one attached hydrogen (secondary N) is 1. The van der Waals surface area contributed by atoms with Crippen molar-refractivity contribution in [1.82, 2.24) is 5.32 Å². The average molecular weight is 334 g/mol. The van der Waals surface area contributed by atoms with Crippen LogP contribution in [0, 0.1) is 11.3 Å². The summed E-state index contributed by atoms with van der Waals surface area (Å²) in [6.45, 7) is 2.90. The Hall–Kier alpha value is -2.52. The monoisotopic (exact) mass is 334 g/mol. The van der Waals surface area contributed by atoms with Crippen LogP contribution in [0.2, 0.25) is 0 Å². The van der Waals surface area contributed by atoms with Gasteiger partial charge in [0, 0.05) is 13.1 Å². The van der Waals surface area contributed by atoms with Gasteiger partial charge in [0.15, 0.2) is 0 Å². The van der Waals surface area contributed by atoms with Crippen LogP contribution in [0.3, 0.4) is 0 Å². The molecule has 0 radical (unpaired) electrons. The molecule has 126 valence electrons. The molecule has 0 saturated heterocycles. The van der Waals surface area contributed by atoms with Crippen molar-refractivity contribution in [2.45, 2.75) is 25.7 Å². The fourth-order valence-electron chi connectivity index (χ4n) is 2.22. The molecule has 0 heterocycles. The molecule has 3 nitrogen and oxygen atoms in total. The van der Waals surface area contributed by atoms with E-state index in [4.69, 9.17) is 10.00 Å².